The van der Waals surface area contributed by atoms with Crippen molar-refractivity contribution >= 4 is 27.3 Å². The molecular weight excluding hydrogens is 386 g/mol. The normalized spacial score (nSPS) is 11.1. The van der Waals surface area contributed by atoms with Gasteiger partial charge in [-0.25, -0.2) is 17.2 Å². The summed E-state index contributed by atoms with van der Waals surface area (Å²) in [4.78, 5) is 12.2. The fourth-order valence-electron chi connectivity index (χ4n) is 2.54. The van der Waals surface area contributed by atoms with Crippen LogP contribution in [-0.4, -0.2) is 14.3 Å². The molecule has 0 radical (unpaired) electrons. The van der Waals surface area contributed by atoms with Crippen molar-refractivity contribution in [3.8, 4) is 0 Å². The predicted molar refractivity (Wildman–Crippen MR) is 103 cm³/mol. The molecule has 1 amide bonds. The van der Waals surface area contributed by atoms with Gasteiger partial charge in [-0.3, -0.25) is 9.52 Å². The van der Waals surface area contributed by atoms with Crippen LogP contribution in [0.15, 0.2) is 71.6 Å². The van der Waals surface area contributed by atoms with Crippen molar-refractivity contribution in [1.29, 1.82) is 0 Å². The molecule has 0 saturated carbocycles. The molecule has 8 heteroatoms. The maximum atomic E-state index is 13.4. The summed E-state index contributed by atoms with van der Waals surface area (Å²) in [6.45, 7) is 1.87. The van der Waals surface area contributed by atoms with Gasteiger partial charge in [-0.2, -0.15) is 0 Å². The van der Waals surface area contributed by atoms with E-state index in [4.69, 9.17) is 0 Å². The van der Waals surface area contributed by atoms with Gasteiger partial charge in [0.05, 0.1) is 16.1 Å². The van der Waals surface area contributed by atoms with Gasteiger partial charge in [0.25, 0.3) is 15.9 Å². The highest BCUT2D eigenvalue weighted by Crippen LogP contribution is 2.22. The highest BCUT2D eigenvalue weighted by atomic mass is 32.2. The van der Waals surface area contributed by atoms with E-state index in [1.165, 1.54) is 12.1 Å². The lowest BCUT2D eigenvalue weighted by Crippen LogP contribution is -2.18. The Labute approximate surface area is 161 Å². The lowest BCUT2D eigenvalue weighted by Gasteiger charge is -2.13. The summed E-state index contributed by atoms with van der Waals surface area (Å²) in [6, 6.07) is 15.4. The number of carbonyl (C=O) groups excluding carboxylic acids is 1. The molecule has 3 rings (SSSR count). The third-order valence-electron chi connectivity index (χ3n) is 3.89. The van der Waals surface area contributed by atoms with Crippen molar-refractivity contribution < 1.29 is 22.0 Å². The Hall–Kier alpha value is -3.26. The van der Waals surface area contributed by atoms with E-state index in [0.29, 0.717) is 11.8 Å². The Morgan fingerprint density at radius 2 is 1.64 bits per heavy atom. The number of aryl methyl sites for hydroxylation is 1. The van der Waals surface area contributed by atoms with E-state index >= 15 is 0 Å². The number of anilines is 2. The van der Waals surface area contributed by atoms with Crippen LogP contribution >= 0.6 is 0 Å². The second-order valence-electron chi connectivity index (χ2n) is 6.05. The topological polar surface area (TPSA) is 75.3 Å². The number of halogens is 2. The number of benzene rings is 3. The standard InChI is InChI=1S/C20H16F2N2O3S/c1-13-5-4-6-14(11-13)23-20(25)16-7-2-3-8-19(16)24-28(26,27)15-9-10-17(21)18(22)12-15/h2-12,24H,1H3,(H,23,25). The fraction of sp³-hybridized carbons (Fsp3) is 0.0500. The summed E-state index contributed by atoms with van der Waals surface area (Å²) in [6.07, 6.45) is 0. The quantitative estimate of drug-likeness (QED) is 0.667. The SMILES string of the molecule is Cc1cccc(NC(=O)c2ccccc2NS(=O)(=O)c2ccc(F)c(F)c2)c1. The summed E-state index contributed by atoms with van der Waals surface area (Å²) in [7, 11) is -4.22. The third-order valence-corrected chi connectivity index (χ3v) is 5.26. The van der Waals surface area contributed by atoms with Crippen molar-refractivity contribution in [2.45, 2.75) is 11.8 Å². The molecule has 144 valence electrons. The summed E-state index contributed by atoms with van der Waals surface area (Å²) in [5.41, 5.74) is 1.60. The third kappa shape index (κ3) is 4.34. The molecule has 0 saturated heterocycles. The van der Waals surface area contributed by atoms with Crippen LogP contribution in [0.1, 0.15) is 15.9 Å². The molecule has 3 aromatic rings. The van der Waals surface area contributed by atoms with Gasteiger partial charge in [0.1, 0.15) is 0 Å². The van der Waals surface area contributed by atoms with E-state index in [1.54, 1.807) is 30.3 Å². The number of sulfonamides is 1. The molecule has 0 spiro atoms. The minimum Gasteiger partial charge on any atom is -0.322 e. The first kappa shape index (κ1) is 19.5. The maximum absolute atomic E-state index is 13.4. The van der Waals surface area contributed by atoms with Crippen LogP contribution in [0.3, 0.4) is 0 Å². The number of nitrogens with one attached hydrogen (secondary N) is 2. The minimum absolute atomic E-state index is 0.0115. The Bertz CT molecular complexity index is 1150. The van der Waals surface area contributed by atoms with Crippen LogP contribution in [0.4, 0.5) is 20.2 Å². The van der Waals surface area contributed by atoms with Crippen LogP contribution in [0.5, 0.6) is 0 Å². The van der Waals surface area contributed by atoms with E-state index in [0.717, 1.165) is 17.7 Å². The van der Waals surface area contributed by atoms with Crippen LogP contribution in [0.25, 0.3) is 0 Å². The first-order valence-corrected chi connectivity index (χ1v) is 9.69. The highest BCUT2D eigenvalue weighted by molar-refractivity contribution is 7.92. The number of rotatable bonds is 5. The highest BCUT2D eigenvalue weighted by Gasteiger charge is 2.20. The zero-order valence-corrected chi connectivity index (χ0v) is 15.6. The lowest BCUT2D eigenvalue weighted by atomic mass is 10.1. The van der Waals surface area contributed by atoms with Crippen molar-refractivity contribution in [2.75, 3.05) is 10.0 Å². The molecular formula is C20H16F2N2O3S. The first-order valence-electron chi connectivity index (χ1n) is 8.21. The van der Waals surface area contributed by atoms with Crippen molar-refractivity contribution in [3.05, 3.63) is 89.5 Å². The van der Waals surface area contributed by atoms with Gasteiger partial charge in [0.15, 0.2) is 11.6 Å². The van der Waals surface area contributed by atoms with Crippen molar-refractivity contribution in [2.24, 2.45) is 0 Å². The summed E-state index contributed by atoms with van der Waals surface area (Å²) < 4.78 is 53.7. The molecule has 0 aliphatic heterocycles. The van der Waals surface area contributed by atoms with Crippen LogP contribution in [0, 0.1) is 18.6 Å². The Morgan fingerprint density at radius 1 is 0.893 bits per heavy atom. The van der Waals surface area contributed by atoms with E-state index < -0.39 is 32.5 Å². The monoisotopic (exact) mass is 402 g/mol. The van der Waals surface area contributed by atoms with Crippen LogP contribution in [-0.2, 0) is 10.0 Å². The van der Waals surface area contributed by atoms with Gasteiger partial charge in [-0.15, -0.1) is 0 Å². The smallest absolute Gasteiger partial charge is 0.262 e. The summed E-state index contributed by atoms with van der Waals surface area (Å²) in [5, 5.41) is 2.70. The zero-order valence-electron chi connectivity index (χ0n) is 14.7. The van der Waals surface area contributed by atoms with Gasteiger partial charge in [0, 0.05) is 5.69 Å². The molecule has 0 fully saturated rings. The number of para-hydroxylation sites is 1. The molecule has 0 bridgehead atoms. The van der Waals surface area contributed by atoms with Gasteiger partial charge < -0.3 is 5.32 Å². The average molecular weight is 402 g/mol. The zero-order chi connectivity index (χ0) is 20.3. The Kier molecular flexibility index (Phi) is 5.41. The lowest BCUT2D eigenvalue weighted by molar-refractivity contribution is 0.102. The molecule has 3 aromatic carbocycles. The average Bonchev–Trinajstić information content (AvgIpc) is 2.64. The predicted octanol–water partition coefficient (Wildman–Crippen LogP) is 4.33. The van der Waals surface area contributed by atoms with Gasteiger partial charge >= 0.3 is 0 Å². The van der Waals surface area contributed by atoms with Gasteiger partial charge in [0.2, 0.25) is 0 Å². The summed E-state index contributed by atoms with van der Waals surface area (Å²) >= 11 is 0. The van der Waals surface area contributed by atoms with Crippen LogP contribution in [0.2, 0.25) is 0 Å². The second-order valence-corrected chi connectivity index (χ2v) is 7.73. The molecule has 0 heterocycles. The summed E-state index contributed by atoms with van der Waals surface area (Å²) in [5.74, 6) is -2.96. The molecule has 0 aliphatic carbocycles. The molecule has 2 N–H and O–H groups in total. The maximum Gasteiger partial charge on any atom is 0.262 e. The number of amides is 1. The molecule has 5 nitrogen and oxygen atoms in total. The van der Waals surface area contributed by atoms with Crippen molar-refractivity contribution in [3.63, 3.8) is 0 Å². The van der Waals surface area contributed by atoms with Crippen LogP contribution < -0.4 is 10.0 Å². The van der Waals surface area contributed by atoms with E-state index in [-0.39, 0.29) is 11.3 Å². The minimum atomic E-state index is -4.22. The molecule has 0 aliphatic rings. The molecule has 0 unspecified atom stereocenters. The molecule has 28 heavy (non-hydrogen) atoms. The van der Waals surface area contributed by atoms with E-state index in [9.17, 15) is 22.0 Å². The molecule has 0 atom stereocenters. The second kappa shape index (κ2) is 7.77. The fourth-order valence-corrected chi connectivity index (χ4v) is 3.63. The van der Waals surface area contributed by atoms with Crippen molar-refractivity contribution in [1.82, 2.24) is 0 Å². The number of hydrogen-bond donors (Lipinski definition) is 2. The number of carbonyl (C=O) groups is 1. The Morgan fingerprint density at radius 3 is 2.36 bits per heavy atom. The molecule has 0 aromatic heterocycles. The van der Waals surface area contributed by atoms with Gasteiger partial charge in [-0.1, -0.05) is 24.3 Å². The van der Waals surface area contributed by atoms with E-state index in [2.05, 4.69) is 10.0 Å². The Balaban J connectivity index is 1.89. The van der Waals surface area contributed by atoms with E-state index in [1.807, 2.05) is 13.0 Å². The largest absolute Gasteiger partial charge is 0.322 e. The first-order chi connectivity index (χ1) is 13.3. The number of hydrogen-bond acceptors (Lipinski definition) is 3. The van der Waals surface area contributed by atoms with Gasteiger partial charge in [-0.05, 0) is 55.0 Å².